The molecule has 1 saturated carbocycles. The number of hydrogen-bond donors (Lipinski definition) is 2. The number of halogens is 1. The normalized spacial score (nSPS) is 28.4. The quantitative estimate of drug-likeness (QED) is 0.825. The molecule has 0 amide bonds. The second kappa shape index (κ2) is 4.95. The van der Waals surface area contributed by atoms with Crippen molar-refractivity contribution in [2.24, 2.45) is 11.3 Å². The molecule has 0 saturated heterocycles. The third-order valence-electron chi connectivity index (χ3n) is 4.42. The zero-order valence-corrected chi connectivity index (χ0v) is 12.7. The zero-order valence-electron chi connectivity index (χ0n) is 11.9. The number of nitrogens with two attached hydrogens (primary N) is 1. The molecule has 3 N–H and O–H groups in total. The molecular formula is C15H23ClN2O. The Bertz CT molecular complexity index is 460. The van der Waals surface area contributed by atoms with Crippen LogP contribution in [0.5, 0.6) is 0 Å². The monoisotopic (exact) mass is 282 g/mol. The lowest BCUT2D eigenvalue weighted by atomic mass is 9.67. The average Bonchev–Trinajstić information content (AvgIpc) is 2.31. The maximum absolute atomic E-state index is 10.9. The highest BCUT2D eigenvalue weighted by atomic mass is 35.5. The summed E-state index contributed by atoms with van der Waals surface area (Å²) in [5.41, 5.74) is 6.00. The van der Waals surface area contributed by atoms with E-state index in [2.05, 4.69) is 25.8 Å². The number of nitrogen functional groups attached to an aromatic ring is 1. The van der Waals surface area contributed by atoms with E-state index in [1.54, 1.807) is 6.07 Å². The Balaban J connectivity index is 2.20. The van der Waals surface area contributed by atoms with E-state index in [4.69, 9.17) is 17.3 Å². The summed E-state index contributed by atoms with van der Waals surface area (Å²) in [7, 11) is 0. The van der Waals surface area contributed by atoms with Gasteiger partial charge in [0.05, 0.1) is 10.6 Å². The standard InChI is InChI=1S/C15H23ClN2O/c1-14(2,3)10-4-6-15(19,7-5-10)12-8-11(16)9-18-13(12)17/h8-10,19H,4-7H2,1-3H3,(H2,17,18). The molecule has 2 rings (SSSR count). The van der Waals surface area contributed by atoms with Crippen LogP contribution in [0.4, 0.5) is 5.82 Å². The third-order valence-corrected chi connectivity index (χ3v) is 4.63. The fourth-order valence-electron chi connectivity index (χ4n) is 3.05. The molecule has 3 nitrogen and oxygen atoms in total. The fraction of sp³-hybridized carbons (Fsp3) is 0.667. The highest BCUT2D eigenvalue weighted by molar-refractivity contribution is 6.30. The molecule has 1 aromatic heterocycles. The summed E-state index contributed by atoms with van der Waals surface area (Å²) >= 11 is 5.97. The van der Waals surface area contributed by atoms with Gasteiger partial charge in [0.25, 0.3) is 0 Å². The first-order valence-electron chi connectivity index (χ1n) is 6.86. The molecule has 1 fully saturated rings. The zero-order chi connectivity index (χ0) is 14.3. The van der Waals surface area contributed by atoms with E-state index in [0.29, 0.717) is 27.7 Å². The molecule has 1 aliphatic carbocycles. The van der Waals surface area contributed by atoms with Gasteiger partial charge in [-0.1, -0.05) is 32.4 Å². The maximum atomic E-state index is 10.9. The Morgan fingerprint density at radius 3 is 2.47 bits per heavy atom. The lowest BCUT2D eigenvalue weighted by molar-refractivity contribution is -0.0293. The van der Waals surface area contributed by atoms with Gasteiger partial charge in [-0.15, -0.1) is 0 Å². The smallest absolute Gasteiger partial charge is 0.129 e. The van der Waals surface area contributed by atoms with Gasteiger partial charge >= 0.3 is 0 Å². The van der Waals surface area contributed by atoms with Crippen LogP contribution in [0.25, 0.3) is 0 Å². The summed E-state index contributed by atoms with van der Waals surface area (Å²) in [6.07, 6.45) is 4.98. The molecule has 4 heteroatoms. The van der Waals surface area contributed by atoms with E-state index in [9.17, 15) is 5.11 Å². The number of aliphatic hydroxyl groups is 1. The first-order chi connectivity index (χ1) is 8.72. The molecular weight excluding hydrogens is 260 g/mol. The van der Waals surface area contributed by atoms with Crippen molar-refractivity contribution < 1.29 is 5.11 Å². The van der Waals surface area contributed by atoms with Crippen molar-refractivity contribution in [2.45, 2.75) is 52.1 Å². The predicted molar refractivity (Wildman–Crippen MR) is 79.0 cm³/mol. The predicted octanol–water partition coefficient (Wildman–Crippen LogP) is 3.74. The van der Waals surface area contributed by atoms with E-state index >= 15 is 0 Å². The molecule has 0 aromatic carbocycles. The van der Waals surface area contributed by atoms with Crippen LogP contribution in [0.1, 0.15) is 52.0 Å². The number of nitrogens with zero attached hydrogens (tertiary/aromatic N) is 1. The Kier molecular flexibility index (Phi) is 3.80. The van der Waals surface area contributed by atoms with Gasteiger partial charge in [0.2, 0.25) is 0 Å². The highest BCUT2D eigenvalue weighted by Gasteiger charge is 2.39. The van der Waals surface area contributed by atoms with Crippen molar-refractivity contribution in [3.05, 3.63) is 22.8 Å². The molecule has 0 aliphatic heterocycles. The first-order valence-corrected chi connectivity index (χ1v) is 7.24. The van der Waals surface area contributed by atoms with Crippen molar-refractivity contribution in [1.29, 1.82) is 0 Å². The van der Waals surface area contributed by atoms with Gasteiger partial charge < -0.3 is 10.8 Å². The largest absolute Gasteiger partial charge is 0.385 e. The van der Waals surface area contributed by atoms with Gasteiger partial charge in [0.15, 0.2) is 0 Å². The summed E-state index contributed by atoms with van der Waals surface area (Å²) in [5.74, 6) is 1.03. The van der Waals surface area contributed by atoms with E-state index < -0.39 is 5.60 Å². The number of pyridine rings is 1. The second-order valence-corrected chi connectivity index (χ2v) is 7.19. The summed E-state index contributed by atoms with van der Waals surface area (Å²) < 4.78 is 0. The number of aromatic nitrogens is 1. The van der Waals surface area contributed by atoms with Gasteiger partial charge in [0.1, 0.15) is 5.82 Å². The molecule has 1 aromatic rings. The van der Waals surface area contributed by atoms with E-state index in [0.717, 1.165) is 25.7 Å². The minimum absolute atomic E-state index is 0.291. The van der Waals surface area contributed by atoms with Crippen molar-refractivity contribution >= 4 is 17.4 Å². The van der Waals surface area contributed by atoms with Crippen LogP contribution in [-0.2, 0) is 5.60 Å². The Hall–Kier alpha value is -0.800. The molecule has 19 heavy (non-hydrogen) atoms. The topological polar surface area (TPSA) is 59.1 Å². The second-order valence-electron chi connectivity index (χ2n) is 6.76. The van der Waals surface area contributed by atoms with Crippen molar-refractivity contribution in [3.63, 3.8) is 0 Å². The first kappa shape index (κ1) is 14.6. The Morgan fingerprint density at radius 1 is 1.37 bits per heavy atom. The highest BCUT2D eigenvalue weighted by Crippen LogP contribution is 2.46. The molecule has 0 radical (unpaired) electrons. The van der Waals surface area contributed by atoms with Crippen molar-refractivity contribution in [3.8, 4) is 0 Å². The van der Waals surface area contributed by atoms with E-state index in [1.165, 1.54) is 6.20 Å². The van der Waals surface area contributed by atoms with Crippen LogP contribution in [0.15, 0.2) is 12.3 Å². The van der Waals surface area contributed by atoms with Crippen molar-refractivity contribution in [1.82, 2.24) is 4.98 Å². The van der Waals surface area contributed by atoms with Gasteiger partial charge in [-0.05, 0) is 43.1 Å². The van der Waals surface area contributed by atoms with Crippen LogP contribution in [0.3, 0.4) is 0 Å². The molecule has 106 valence electrons. The minimum atomic E-state index is -0.871. The summed E-state index contributed by atoms with van der Waals surface area (Å²) in [6.45, 7) is 6.78. The van der Waals surface area contributed by atoms with E-state index in [1.807, 2.05) is 0 Å². The van der Waals surface area contributed by atoms with Crippen LogP contribution < -0.4 is 5.73 Å². The lowest BCUT2D eigenvalue weighted by Crippen LogP contribution is -2.36. The Morgan fingerprint density at radius 2 is 1.95 bits per heavy atom. The fourth-order valence-corrected chi connectivity index (χ4v) is 3.21. The van der Waals surface area contributed by atoms with Gasteiger partial charge in [-0.25, -0.2) is 4.98 Å². The molecule has 1 heterocycles. The molecule has 0 spiro atoms. The van der Waals surface area contributed by atoms with Crippen molar-refractivity contribution in [2.75, 3.05) is 5.73 Å². The number of anilines is 1. The number of rotatable bonds is 1. The van der Waals surface area contributed by atoms with Gasteiger partial charge in [-0.2, -0.15) is 0 Å². The third kappa shape index (κ3) is 3.03. The van der Waals surface area contributed by atoms with Crippen LogP contribution >= 0.6 is 11.6 Å². The Labute approximate surface area is 120 Å². The maximum Gasteiger partial charge on any atom is 0.129 e. The summed E-state index contributed by atoms with van der Waals surface area (Å²) in [6, 6.07) is 1.75. The van der Waals surface area contributed by atoms with Crippen LogP contribution in [-0.4, -0.2) is 10.1 Å². The van der Waals surface area contributed by atoms with Crippen LogP contribution in [0.2, 0.25) is 5.02 Å². The van der Waals surface area contributed by atoms with Gasteiger partial charge in [0, 0.05) is 11.8 Å². The molecule has 0 atom stereocenters. The SMILES string of the molecule is CC(C)(C)C1CCC(O)(c2cc(Cl)cnc2N)CC1. The summed E-state index contributed by atoms with van der Waals surface area (Å²) in [4.78, 5) is 4.05. The minimum Gasteiger partial charge on any atom is -0.385 e. The molecule has 1 aliphatic rings. The lowest BCUT2D eigenvalue weighted by Gasteiger charge is -2.41. The molecule has 0 bridgehead atoms. The average molecular weight is 283 g/mol. The summed E-state index contributed by atoms with van der Waals surface area (Å²) in [5, 5.41) is 11.4. The van der Waals surface area contributed by atoms with Gasteiger partial charge in [-0.3, -0.25) is 0 Å². The van der Waals surface area contributed by atoms with Crippen LogP contribution in [0, 0.1) is 11.3 Å². The number of hydrogen-bond acceptors (Lipinski definition) is 3. The molecule has 0 unspecified atom stereocenters. The van der Waals surface area contributed by atoms with E-state index in [-0.39, 0.29) is 0 Å².